The summed E-state index contributed by atoms with van der Waals surface area (Å²) in [5.41, 5.74) is 2.91. The van der Waals surface area contributed by atoms with E-state index in [0.717, 1.165) is 59.2 Å². The van der Waals surface area contributed by atoms with Crippen LogP contribution in [0.3, 0.4) is 0 Å². The van der Waals surface area contributed by atoms with Gasteiger partial charge in [0.2, 0.25) is 5.78 Å². The minimum absolute atomic E-state index is 0.00428. The number of unbranched alkanes of at least 4 members (excludes halogenated alkanes) is 2. The Kier molecular flexibility index (Phi) is 10.4. The molecule has 0 saturated heterocycles. The smallest absolute Gasteiger partial charge is 0.410 e. The largest absolute Gasteiger partial charge is 0.444 e. The normalized spacial score (nSPS) is 15.6. The molecule has 6 rings (SSSR count). The summed E-state index contributed by atoms with van der Waals surface area (Å²) >= 11 is 4.77. The fraction of sp³-hybridized carbons (Fsp3) is 0.378. The number of allylic oxidation sites excluding steroid dienone is 4. The van der Waals surface area contributed by atoms with E-state index in [4.69, 9.17) is 14.8 Å². The molecule has 0 saturated carbocycles. The SMILES string of the molecule is C/C=C(F)/C=C(/F)C(=O)c1c(-c2cc3n(n2)CC(CCCCCBr)N(C(=O)OC(C)(C)C)C3)nc(-c2ccc3c(cnn3C)c2)c2ccsc12. The number of rotatable bonds is 10. The number of pyridine rings is 1. The molecule has 9 nitrogen and oxygen atoms in total. The average Bonchev–Trinajstić information content (AvgIpc) is 3.82. The quantitative estimate of drug-likeness (QED) is 0.0462. The summed E-state index contributed by atoms with van der Waals surface area (Å²) in [4.78, 5) is 34.1. The Morgan fingerprint density at radius 3 is 2.66 bits per heavy atom. The Hall–Kier alpha value is -4.23. The number of nitrogens with zero attached hydrogens (tertiary/aromatic N) is 6. The average molecular weight is 766 g/mol. The van der Waals surface area contributed by atoms with E-state index in [-0.39, 0.29) is 23.8 Å². The number of benzene rings is 1. The van der Waals surface area contributed by atoms with Crippen molar-refractivity contribution in [2.45, 2.75) is 78.1 Å². The van der Waals surface area contributed by atoms with Crippen molar-refractivity contribution in [3.05, 3.63) is 77.0 Å². The molecule has 0 fully saturated rings. The molecule has 5 aromatic rings. The second-order valence-electron chi connectivity index (χ2n) is 13.4. The number of thiophene rings is 1. The van der Waals surface area contributed by atoms with Gasteiger partial charge in [0, 0.05) is 39.5 Å². The van der Waals surface area contributed by atoms with Crippen molar-refractivity contribution in [2.24, 2.45) is 7.05 Å². The molecule has 0 N–H and O–H groups in total. The maximum absolute atomic E-state index is 15.5. The Balaban J connectivity index is 1.50. The third kappa shape index (κ3) is 7.29. The molecule has 13 heteroatoms. The number of fused-ring (bicyclic) bond motifs is 3. The van der Waals surface area contributed by atoms with Crippen LogP contribution >= 0.6 is 27.3 Å². The third-order valence-corrected chi connectivity index (χ3v) is 10.2. The summed E-state index contributed by atoms with van der Waals surface area (Å²) in [6.07, 6.45) is 6.77. The van der Waals surface area contributed by atoms with Crippen LogP contribution in [0.5, 0.6) is 0 Å². The van der Waals surface area contributed by atoms with Gasteiger partial charge in [-0.15, -0.1) is 11.3 Å². The second-order valence-corrected chi connectivity index (χ2v) is 15.1. The highest BCUT2D eigenvalue weighted by molar-refractivity contribution is 9.09. The number of carbonyl (C=O) groups is 2. The maximum Gasteiger partial charge on any atom is 0.410 e. The molecular weight excluding hydrogens is 726 g/mol. The van der Waals surface area contributed by atoms with Crippen LogP contribution in [0.4, 0.5) is 13.6 Å². The Labute approximate surface area is 301 Å². The first-order valence-corrected chi connectivity index (χ1v) is 18.6. The Morgan fingerprint density at radius 1 is 1.12 bits per heavy atom. The topological polar surface area (TPSA) is 95.1 Å². The van der Waals surface area contributed by atoms with Crippen molar-refractivity contribution < 1.29 is 23.1 Å². The minimum atomic E-state index is -1.24. The van der Waals surface area contributed by atoms with Crippen molar-refractivity contribution in [1.29, 1.82) is 0 Å². The maximum atomic E-state index is 15.5. The molecule has 1 unspecified atom stereocenters. The molecule has 5 heterocycles. The molecule has 0 aliphatic carbocycles. The van der Waals surface area contributed by atoms with Gasteiger partial charge in [0.1, 0.15) is 22.8 Å². The number of amides is 1. The first kappa shape index (κ1) is 35.6. The van der Waals surface area contributed by atoms with E-state index < -0.39 is 29.1 Å². The lowest BCUT2D eigenvalue weighted by Gasteiger charge is -2.37. The third-order valence-electron chi connectivity index (χ3n) is 8.67. The predicted octanol–water partition coefficient (Wildman–Crippen LogP) is 9.70. The van der Waals surface area contributed by atoms with Crippen LogP contribution in [0.25, 0.3) is 43.6 Å². The van der Waals surface area contributed by atoms with Crippen LogP contribution in [-0.4, -0.2) is 58.3 Å². The van der Waals surface area contributed by atoms with Gasteiger partial charge in [0.05, 0.1) is 47.8 Å². The van der Waals surface area contributed by atoms with E-state index in [2.05, 4.69) is 21.0 Å². The lowest BCUT2D eigenvalue weighted by atomic mass is 9.99. The zero-order valence-corrected chi connectivity index (χ0v) is 31.1. The van der Waals surface area contributed by atoms with E-state index >= 15 is 4.39 Å². The molecule has 1 aliphatic heterocycles. The molecule has 1 aliphatic rings. The van der Waals surface area contributed by atoms with Gasteiger partial charge in [-0.2, -0.15) is 10.2 Å². The number of aromatic nitrogens is 5. The number of aryl methyl sites for hydroxylation is 1. The van der Waals surface area contributed by atoms with Crippen LogP contribution in [0.15, 0.2) is 65.7 Å². The predicted molar refractivity (Wildman–Crippen MR) is 197 cm³/mol. The van der Waals surface area contributed by atoms with Crippen LogP contribution in [0, 0.1) is 0 Å². The van der Waals surface area contributed by atoms with Gasteiger partial charge in [-0.25, -0.2) is 18.6 Å². The summed E-state index contributed by atoms with van der Waals surface area (Å²) in [7, 11) is 1.87. The first-order valence-electron chi connectivity index (χ1n) is 16.6. The van der Waals surface area contributed by atoms with Crippen LogP contribution in [-0.2, 0) is 24.9 Å². The van der Waals surface area contributed by atoms with Gasteiger partial charge in [-0.3, -0.25) is 19.1 Å². The van der Waals surface area contributed by atoms with E-state index in [1.807, 2.05) is 62.1 Å². The van der Waals surface area contributed by atoms with E-state index in [9.17, 15) is 14.0 Å². The van der Waals surface area contributed by atoms with Crippen LogP contribution < -0.4 is 0 Å². The molecule has 0 radical (unpaired) electrons. The number of ketones is 1. The first-order chi connectivity index (χ1) is 23.9. The van der Waals surface area contributed by atoms with Crippen molar-refractivity contribution in [3.63, 3.8) is 0 Å². The molecule has 0 spiro atoms. The van der Waals surface area contributed by atoms with Crippen molar-refractivity contribution in [2.75, 3.05) is 5.33 Å². The zero-order valence-electron chi connectivity index (χ0n) is 28.7. The molecule has 0 bridgehead atoms. The summed E-state index contributed by atoms with van der Waals surface area (Å²) in [5.74, 6) is -3.10. The van der Waals surface area contributed by atoms with Gasteiger partial charge in [0.25, 0.3) is 0 Å². The van der Waals surface area contributed by atoms with Gasteiger partial charge in [-0.1, -0.05) is 40.9 Å². The Bertz CT molecular complexity index is 2140. The summed E-state index contributed by atoms with van der Waals surface area (Å²) in [5, 5.41) is 13.6. The standard InChI is InChI=1S/C37H39BrF2N6O3S/c1-6-24(39)17-28(40)34(47)31-33(42-32(27-13-15-50-35(27)31)22-11-12-30-23(16-22)19-41-44(30)5)29-18-26-20-45(36(48)49-37(2,3)4)25(21-46(26)43-29)10-8-7-9-14-38/h6,11-13,15-19,25H,7-10,14,20-21H2,1-5H3/b24-6-,28-17+. The van der Waals surface area contributed by atoms with E-state index in [0.29, 0.717) is 34.1 Å². The molecule has 50 heavy (non-hydrogen) atoms. The molecule has 1 atom stereocenters. The second kappa shape index (κ2) is 14.6. The fourth-order valence-electron chi connectivity index (χ4n) is 6.23. The van der Waals surface area contributed by atoms with Crippen LogP contribution in [0.2, 0.25) is 0 Å². The monoisotopic (exact) mass is 764 g/mol. The highest BCUT2D eigenvalue weighted by Gasteiger charge is 2.35. The van der Waals surface area contributed by atoms with Gasteiger partial charge in [0.15, 0.2) is 5.83 Å². The number of halogens is 3. The highest BCUT2D eigenvalue weighted by Crippen LogP contribution is 2.40. The van der Waals surface area contributed by atoms with Crippen LogP contribution in [0.1, 0.15) is 69.4 Å². The summed E-state index contributed by atoms with van der Waals surface area (Å²) < 4.78 is 39.6. The molecule has 262 valence electrons. The van der Waals surface area contributed by atoms with Gasteiger partial charge >= 0.3 is 6.09 Å². The van der Waals surface area contributed by atoms with Gasteiger partial charge in [-0.05, 0) is 70.2 Å². The molecule has 1 amide bonds. The lowest BCUT2D eigenvalue weighted by Crippen LogP contribution is -2.48. The number of alkyl halides is 1. The van der Waals surface area contributed by atoms with Crippen molar-refractivity contribution in [1.82, 2.24) is 29.4 Å². The number of Topliss-reactive ketones (excluding diaryl/α,β-unsaturated/α-hetero) is 1. The van der Waals surface area contributed by atoms with E-state index in [1.54, 1.807) is 21.8 Å². The minimum Gasteiger partial charge on any atom is -0.444 e. The number of hydrogen-bond donors (Lipinski definition) is 0. The number of carbonyl (C=O) groups excluding carboxylic acids is 2. The Morgan fingerprint density at radius 2 is 1.92 bits per heavy atom. The molecular formula is C37H39BrF2N6O3S. The number of ether oxygens (including phenoxy) is 1. The highest BCUT2D eigenvalue weighted by atomic mass is 79.9. The van der Waals surface area contributed by atoms with Crippen molar-refractivity contribution in [3.8, 4) is 22.6 Å². The number of hydrogen-bond acceptors (Lipinski definition) is 7. The fourth-order valence-corrected chi connectivity index (χ4v) is 7.57. The van der Waals surface area contributed by atoms with Gasteiger partial charge < -0.3 is 4.74 Å². The molecule has 4 aromatic heterocycles. The van der Waals surface area contributed by atoms with E-state index in [1.165, 1.54) is 18.3 Å². The summed E-state index contributed by atoms with van der Waals surface area (Å²) in [6.45, 7) is 7.60. The van der Waals surface area contributed by atoms with Crippen molar-refractivity contribution >= 4 is 60.1 Å². The lowest BCUT2D eigenvalue weighted by molar-refractivity contribution is 0.00531. The molecule has 1 aromatic carbocycles. The zero-order chi connectivity index (χ0) is 35.7. The summed E-state index contributed by atoms with van der Waals surface area (Å²) in [6, 6.07) is 9.35.